The van der Waals surface area contributed by atoms with Crippen LogP contribution < -0.4 is 4.74 Å². The second-order valence-corrected chi connectivity index (χ2v) is 6.96. The van der Waals surface area contributed by atoms with E-state index in [1.54, 1.807) is 31.1 Å². The highest BCUT2D eigenvalue weighted by molar-refractivity contribution is 5.89. The highest BCUT2D eigenvalue weighted by atomic mass is 16.5. The van der Waals surface area contributed by atoms with Crippen molar-refractivity contribution in [3.05, 3.63) is 89.8 Å². The van der Waals surface area contributed by atoms with Crippen molar-refractivity contribution in [2.24, 2.45) is 0 Å². The Kier molecular flexibility index (Phi) is 7.59. The molecule has 7 nitrogen and oxygen atoms in total. The van der Waals surface area contributed by atoms with Crippen molar-refractivity contribution in [2.75, 3.05) is 20.8 Å². The predicted octanol–water partition coefficient (Wildman–Crippen LogP) is 3.16. The van der Waals surface area contributed by atoms with Gasteiger partial charge in [0.05, 0.1) is 19.9 Å². The van der Waals surface area contributed by atoms with Crippen LogP contribution in [0.5, 0.6) is 5.75 Å². The van der Waals surface area contributed by atoms with Crippen molar-refractivity contribution in [1.29, 1.82) is 0 Å². The normalized spacial score (nSPS) is 10.8. The third-order valence-electron chi connectivity index (χ3n) is 4.62. The van der Waals surface area contributed by atoms with Crippen LogP contribution in [0, 0.1) is 0 Å². The predicted molar refractivity (Wildman–Crippen MR) is 117 cm³/mol. The molecule has 0 unspecified atom stereocenters. The number of nitrogens with zero attached hydrogens (tertiary/aromatic N) is 3. The summed E-state index contributed by atoms with van der Waals surface area (Å²) in [7, 11) is 3.24. The number of amides is 1. The van der Waals surface area contributed by atoms with Crippen LogP contribution >= 0.6 is 0 Å². The van der Waals surface area contributed by atoms with E-state index in [1.165, 1.54) is 11.0 Å². The Labute approximate surface area is 181 Å². The highest BCUT2D eigenvalue weighted by Crippen LogP contribution is 2.18. The Morgan fingerprint density at radius 3 is 2.61 bits per heavy atom. The average molecular weight is 419 g/mol. The van der Waals surface area contributed by atoms with E-state index in [4.69, 9.17) is 9.47 Å². The van der Waals surface area contributed by atoms with E-state index in [1.807, 2.05) is 60.8 Å². The fourth-order valence-electron chi connectivity index (χ4n) is 2.96. The van der Waals surface area contributed by atoms with E-state index < -0.39 is 5.97 Å². The largest absolute Gasteiger partial charge is 0.496 e. The zero-order valence-electron chi connectivity index (χ0n) is 17.6. The van der Waals surface area contributed by atoms with Gasteiger partial charge in [0.1, 0.15) is 5.75 Å². The van der Waals surface area contributed by atoms with Crippen LogP contribution in [0.4, 0.5) is 0 Å². The molecular formula is C24H25N3O4. The van der Waals surface area contributed by atoms with Crippen molar-refractivity contribution in [3.63, 3.8) is 0 Å². The molecule has 160 valence electrons. The number of likely N-dealkylation sites (N-methyl/N-ethyl adjacent to an activating group) is 1. The molecule has 1 heterocycles. The first-order valence-electron chi connectivity index (χ1n) is 9.82. The number of hydrogen-bond acceptors (Lipinski definition) is 5. The van der Waals surface area contributed by atoms with E-state index in [2.05, 4.69) is 5.10 Å². The Morgan fingerprint density at radius 2 is 1.84 bits per heavy atom. The van der Waals surface area contributed by atoms with Gasteiger partial charge in [-0.25, -0.2) is 4.79 Å². The van der Waals surface area contributed by atoms with E-state index in [0.29, 0.717) is 18.8 Å². The summed E-state index contributed by atoms with van der Waals surface area (Å²) in [5.74, 6) is -0.187. The minimum atomic E-state index is -0.588. The van der Waals surface area contributed by atoms with Crippen LogP contribution in [0.3, 0.4) is 0 Å². The molecule has 0 saturated carbocycles. The van der Waals surface area contributed by atoms with Gasteiger partial charge in [0, 0.05) is 37.0 Å². The molecule has 1 aromatic heterocycles. The molecule has 1 amide bonds. The summed E-state index contributed by atoms with van der Waals surface area (Å²) in [5.41, 5.74) is 2.78. The number of benzene rings is 2. The fraction of sp³-hybridized carbons (Fsp3) is 0.208. The Balaban J connectivity index is 1.46. The number of rotatable bonds is 9. The van der Waals surface area contributed by atoms with Gasteiger partial charge in [-0.05, 0) is 17.7 Å². The maximum Gasteiger partial charge on any atom is 0.331 e. The van der Waals surface area contributed by atoms with Crippen molar-refractivity contribution < 1.29 is 19.1 Å². The lowest BCUT2D eigenvalue weighted by Crippen LogP contribution is -2.30. The van der Waals surface area contributed by atoms with Gasteiger partial charge in [-0.15, -0.1) is 0 Å². The van der Waals surface area contributed by atoms with Crippen molar-refractivity contribution >= 4 is 18.0 Å². The number of hydrogen-bond donors (Lipinski definition) is 0. The first-order chi connectivity index (χ1) is 15.0. The third-order valence-corrected chi connectivity index (χ3v) is 4.62. The lowest BCUT2D eigenvalue weighted by molar-refractivity contribution is -0.147. The van der Waals surface area contributed by atoms with Crippen molar-refractivity contribution in [2.45, 2.75) is 13.1 Å². The second-order valence-electron chi connectivity index (χ2n) is 6.96. The summed E-state index contributed by atoms with van der Waals surface area (Å²) in [6.07, 6.45) is 6.40. The van der Waals surface area contributed by atoms with Gasteiger partial charge in [-0.2, -0.15) is 5.10 Å². The third kappa shape index (κ3) is 6.57. The van der Waals surface area contributed by atoms with Gasteiger partial charge in [0.2, 0.25) is 0 Å². The van der Waals surface area contributed by atoms with Gasteiger partial charge < -0.3 is 14.4 Å². The Morgan fingerprint density at radius 1 is 1.10 bits per heavy atom. The molecule has 7 heteroatoms. The smallest absolute Gasteiger partial charge is 0.331 e. The SMILES string of the molecule is COc1ccccc1CN(C)C(=O)COC(=O)/C=C/c1cnn(Cc2ccccc2)c1. The van der Waals surface area contributed by atoms with Gasteiger partial charge in [-0.3, -0.25) is 9.48 Å². The lowest BCUT2D eigenvalue weighted by atomic mass is 10.2. The molecule has 0 radical (unpaired) electrons. The molecule has 0 aliphatic heterocycles. The summed E-state index contributed by atoms with van der Waals surface area (Å²) in [6, 6.07) is 17.4. The van der Waals surface area contributed by atoms with Crippen LogP contribution in [0.15, 0.2) is 73.1 Å². The van der Waals surface area contributed by atoms with E-state index in [9.17, 15) is 9.59 Å². The molecule has 0 N–H and O–H groups in total. The van der Waals surface area contributed by atoms with Gasteiger partial charge >= 0.3 is 5.97 Å². The number of carbonyl (C=O) groups is 2. The maximum absolute atomic E-state index is 12.3. The summed E-state index contributed by atoms with van der Waals surface area (Å²) in [5, 5.41) is 4.28. The van der Waals surface area contributed by atoms with Gasteiger partial charge in [0.15, 0.2) is 6.61 Å². The summed E-state index contributed by atoms with van der Waals surface area (Å²) in [4.78, 5) is 25.7. The average Bonchev–Trinajstić information content (AvgIpc) is 3.24. The molecule has 0 saturated heterocycles. The minimum Gasteiger partial charge on any atom is -0.496 e. The zero-order valence-corrected chi connectivity index (χ0v) is 17.6. The van der Waals surface area contributed by atoms with Crippen LogP contribution in [0.2, 0.25) is 0 Å². The molecule has 31 heavy (non-hydrogen) atoms. The lowest BCUT2D eigenvalue weighted by Gasteiger charge is -2.18. The molecule has 0 bridgehead atoms. The Bertz CT molecular complexity index is 1040. The van der Waals surface area contributed by atoms with E-state index in [-0.39, 0.29) is 12.5 Å². The number of ether oxygens (including phenoxy) is 2. The Hall–Kier alpha value is -3.87. The number of methoxy groups -OCH3 is 1. The molecular weight excluding hydrogens is 394 g/mol. The highest BCUT2D eigenvalue weighted by Gasteiger charge is 2.13. The minimum absolute atomic E-state index is 0.302. The molecule has 0 aliphatic rings. The summed E-state index contributed by atoms with van der Waals surface area (Å²) >= 11 is 0. The number of aromatic nitrogens is 2. The first kappa shape index (κ1) is 21.8. The van der Waals surface area contributed by atoms with Crippen LogP contribution in [-0.2, 0) is 27.4 Å². The number of carbonyl (C=O) groups excluding carboxylic acids is 2. The molecule has 0 fully saturated rings. The number of para-hydroxylation sites is 1. The molecule has 0 aliphatic carbocycles. The first-order valence-corrected chi connectivity index (χ1v) is 9.82. The topological polar surface area (TPSA) is 73.7 Å². The summed E-state index contributed by atoms with van der Waals surface area (Å²) in [6.45, 7) is 0.672. The van der Waals surface area contributed by atoms with Crippen LogP contribution in [0.25, 0.3) is 6.08 Å². The maximum atomic E-state index is 12.3. The van der Waals surface area contributed by atoms with Crippen LogP contribution in [-0.4, -0.2) is 47.3 Å². The molecule has 3 rings (SSSR count). The quantitative estimate of drug-likeness (QED) is 0.394. The van der Waals surface area contributed by atoms with Crippen molar-refractivity contribution in [3.8, 4) is 5.75 Å². The van der Waals surface area contributed by atoms with E-state index in [0.717, 1.165) is 16.7 Å². The molecule has 3 aromatic rings. The van der Waals surface area contributed by atoms with Crippen LogP contribution in [0.1, 0.15) is 16.7 Å². The number of esters is 1. The zero-order chi connectivity index (χ0) is 22.1. The summed E-state index contributed by atoms with van der Waals surface area (Å²) < 4.78 is 12.2. The van der Waals surface area contributed by atoms with E-state index >= 15 is 0 Å². The standard InChI is InChI=1S/C24H25N3O4/c1-26(17-21-10-6-7-11-22(21)30-2)23(28)18-31-24(29)13-12-20-14-25-27(16-20)15-19-8-4-3-5-9-19/h3-14,16H,15,17-18H2,1-2H3/b13-12+. The monoisotopic (exact) mass is 419 g/mol. The van der Waals surface area contributed by atoms with Gasteiger partial charge in [-0.1, -0.05) is 48.5 Å². The molecule has 0 atom stereocenters. The molecule has 2 aromatic carbocycles. The van der Waals surface area contributed by atoms with Crippen molar-refractivity contribution in [1.82, 2.24) is 14.7 Å². The molecule has 0 spiro atoms. The second kappa shape index (κ2) is 10.8. The fourth-order valence-corrected chi connectivity index (χ4v) is 2.96. The van der Waals surface area contributed by atoms with Gasteiger partial charge in [0.25, 0.3) is 5.91 Å².